The molecular formula is C21H36N2O2Y-2. The third-order valence-corrected chi connectivity index (χ3v) is 2.18. The van der Waals surface area contributed by atoms with E-state index in [-0.39, 0.29) is 32.7 Å². The molecule has 0 atom stereocenters. The first kappa shape index (κ1) is 32.7. The van der Waals surface area contributed by atoms with E-state index in [0.29, 0.717) is 0 Å². The Morgan fingerprint density at radius 3 is 1.54 bits per heavy atom. The van der Waals surface area contributed by atoms with Crippen molar-refractivity contribution in [3.05, 3.63) is 60.4 Å². The first-order valence-electron chi connectivity index (χ1n) is 8.91. The van der Waals surface area contributed by atoms with Gasteiger partial charge in [-0.2, -0.15) is 0 Å². The minimum Gasteiger partial charge on any atom is -0.394 e. The van der Waals surface area contributed by atoms with Gasteiger partial charge in [0.1, 0.15) is 11.5 Å². The predicted molar refractivity (Wildman–Crippen MR) is 106 cm³/mol. The molecule has 0 fully saturated rings. The Labute approximate surface area is 186 Å². The summed E-state index contributed by atoms with van der Waals surface area (Å²) < 4.78 is 9.67. The van der Waals surface area contributed by atoms with Gasteiger partial charge in [0.15, 0.2) is 0 Å². The zero-order valence-electron chi connectivity index (χ0n) is 17.9. The molecule has 5 heteroatoms. The Balaban J connectivity index is -0.000000127. The fourth-order valence-corrected chi connectivity index (χ4v) is 1.17. The van der Waals surface area contributed by atoms with E-state index in [1.165, 1.54) is 18.6 Å². The van der Waals surface area contributed by atoms with Crippen LogP contribution in [0.4, 0.5) is 0 Å². The zero-order chi connectivity index (χ0) is 20.1. The van der Waals surface area contributed by atoms with Crippen molar-refractivity contribution in [2.75, 3.05) is 0 Å². The second-order valence-electron chi connectivity index (χ2n) is 4.66. The van der Waals surface area contributed by atoms with Crippen molar-refractivity contribution >= 4 is 0 Å². The molecule has 0 aliphatic heterocycles. The molecule has 0 saturated heterocycles. The van der Waals surface area contributed by atoms with Gasteiger partial charge in [-0.25, -0.2) is 0 Å². The van der Waals surface area contributed by atoms with Gasteiger partial charge in [0.25, 0.3) is 0 Å². The van der Waals surface area contributed by atoms with Crippen LogP contribution in [-0.4, -0.2) is 10.3 Å². The second-order valence-corrected chi connectivity index (χ2v) is 4.66. The van der Waals surface area contributed by atoms with Gasteiger partial charge in [-0.15, -0.1) is 0 Å². The van der Waals surface area contributed by atoms with Gasteiger partial charge in [0, 0.05) is 51.3 Å². The van der Waals surface area contributed by atoms with E-state index in [2.05, 4.69) is 31.1 Å². The van der Waals surface area contributed by atoms with E-state index in [0.717, 1.165) is 35.7 Å². The number of nitrogens with zero attached hydrogens (tertiary/aromatic N) is 2. The van der Waals surface area contributed by atoms with Crippen molar-refractivity contribution in [3.63, 3.8) is 0 Å². The van der Waals surface area contributed by atoms with Gasteiger partial charge < -0.3 is 34.4 Å². The quantitative estimate of drug-likeness (QED) is 0.407. The van der Waals surface area contributed by atoms with Crippen LogP contribution in [0.25, 0.3) is 0 Å². The first-order valence-corrected chi connectivity index (χ1v) is 8.91. The maximum Gasteiger partial charge on any atom is 0.136 e. The molecule has 1 radical (unpaired) electrons. The normalized spacial score (nSPS) is 7.69. The molecule has 2 rings (SSSR count). The van der Waals surface area contributed by atoms with E-state index in [9.17, 15) is 0 Å². The Morgan fingerprint density at radius 2 is 1.38 bits per heavy atom. The summed E-state index contributed by atoms with van der Waals surface area (Å²) in [5.41, 5.74) is 1.99. The topological polar surface area (TPSA) is 52.1 Å². The summed E-state index contributed by atoms with van der Waals surface area (Å²) in [5, 5.41) is 7.47. The van der Waals surface area contributed by atoms with Gasteiger partial charge in [0.05, 0.1) is 11.4 Å². The van der Waals surface area contributed by atoms with Crippen molar-refractivity contribution < 1.29 is 41.8 Å². The van der Waals surface area contributed by atoms with Crippen LogP contribution in [0.3, 0.4) is 0 Å². The van der Waals surface area contributed by atoms with E-state index < -0.39 is 0 Å². The molecule has 0 spiro atoms. The fourth-order valence-electron chi connectivity index (χ4n) is 1.17. The largest absolute Gasteiger partial charge is 0.394 e. The number of rotatable bonds is 3. The Hall–Kier alpha value is -0.996. The molecule has 0 saturated carbocycles. The van der Waals surface area contributed by atoms with Gasteiger partial charge in [0.2, 0.25) is 0 Å². The van der Waals surface area contributed by atoms with Crippen molar-refractivity contribution in [1.29, 1.82) is 0 Å². The van der Waals surface area contributed by atoms with E-state index in [1.54, 1.807) is 0 Å². The predicted octanol–water partition coefficient (Wildman–Crippen LogP) is 6.50. The maximum absolute atomic E-state index is 4.86. The van der Waals surface area contributed by atoms with Crippen molar-refractivity contribution in [2.24, 2.45) is 0 Å². The molecule has 0 unspecified atom stereocenters. The number of allylic oxidation sites excluding steroid dienone is 2. The van der Waals surface area contributed by atoms with Crippen molar-refractivity contribution in [1.82, 2.24) is 10.3 Å². The molecule has 0 amide bonds. The Kier molecular flexibility index (Phi) is 33.0. The first-order chi connectivity index (χ1) is 12.0. The summed E-state index contributed by atoms with van der Waals surface area (Å²) in [6, 6.07) is 3.89. The van der Waals surface area contributed by atoms with Gasteiger partial charge in [-0.05, 0) is 20.3 Å². The Morgan fingerprint density at radius 1 is 0.885 bits per heavy atom. The van der Waals surface area contributed by atoms with Crippen LogP contribution >= 0.6 is 0 Å². The van der Waals surface area contributed by atoms with Gasteiger partial charge in [-0.1, -0.05) is 58.3 Å². The van der Waals surface area contributed by atoms with Crippen LogP contribution in [0.15, 0.2) is 33.3 Å². The SMILES string of the molecule is CC.CCC.CCc1cc(C)no1.CCc1cc(C)on1.[CH-]=CC=[CH-].[Y]. The minimum absolute atomic E-state index is 0. The molecule has 2 aromatic heterocycles. The van der Waals surface area contributed by atoms with Crippen molar-refractivity contribution in [2.45, 2.75) is 74.7 Å². The van der Waals surface area contributed by atoms with E-state index in [4.69, 9.17) is 22.2 Å². The average molecular weight is 437 g/mol. The molecule has 2 aromatic rings. The molecule has 0 aromatic carbocycles. The van der Waals surface area contributed by atoms with Crippen LogP contribution in [0, 0.1) is 27.0 Å². The number of hydrogen-bond acceptors (Lipinski definition) is 4. The van der Waals surface area contributed by atoms with Crippen LogP contribution in [0.1, 0.15) is 70.9 Å². The summed E-state index contributed by atoms with van der Waals surface area (Å²) in [5.74, 6) is 1.85. The molecule has 2 heterocycles. The van der Waals surface area contributed by atoms with E-state index in [1.807, 2.05) is 46.8 Å². The smallest absolute Gasteiger partial charge is 0.136 e. The van der Waals surface area contributed by atoms with Gasteiger partial charge >= 0.3 is 0 Å². The summed E-state index contributed by atoms with van der Waals surface area (Å²) in [4.78, 5) is 0. The standard InChI is InChI=1S/2C6H9NO.C4H4.C3H8.C2H6.Y/c1-3-6-4-5(2)8-7-6;1-3-6-4-5(2)7-8-6;1-3-4-2;1-3-2;1-2;/h2*4H,3H2,1-2H3;1-4H;3H2,1-2H3;1-2H3;/q;;-2;;;. The van der Waals surface area contributed by atoms with Crippen molar-refractivity contribution in [3.8, 4) is 0 Å². The Bertz CT molecular complexity index is 473. The molecule has 147 valence electrons. The number of hydrogen-bond donors (Lipinski definition) is 0. The second kappa shape index (κ2) is 26.2. The van der Waals surface area contributed by atoms with E-state index >= 15 is 0 Å². The summed E-state index contributed by atoms with van der Waals surface area (Å²) in [6.45, 7) is 25.6. The molecule has 0 N–H and O–H groups in total. The molecule has 0 aliphatic carbocycles. The molecule has 0 bridgehead atoms. The van der Waals surface area contributed by atoms with Gasteiger partial charge in [-0.3, -0.25) is 0 Å². The average Bonchev–Trinajstić information content (AvgIpc) is 3.26. The molecular weight excluding hydrogens is 401 g/mol. The summed E-state index contributed by atoms with van der Waals surface area (Å²) in [6.07, 6.45) is 5.69. The minimum atomic E-state index is 0. The molecule has 0 aliphatic rings. The zero-order valence-corrected chi connectivity index (χ0v) is 20.7. The third-order valence-electron chi connectivity index (χ3n) is 2.18. The summed E-state index contributed by atoms with van der Waals surface area (Å²) in [7, 11) is 0. The van der Waals surface area contributed by atoms with Crippen LogP contribution in [-0.2, 0) is 45.6 Å². The van der Waals surface area contributed by atoms with Crippen LogP contribution in [0.5, 0.6) is 0 Å². The van der Waals surface area contributed by atoms with Crippen LogP contribution < -0.4 is 0 Å². The fraction of sp³-hybridized carbons (Fsp3) is 0.524. The number of aryl methyl sites for hydroxylation is 4. The third kappa shape index (κ3) is 23.0. The molecule has 4 nitrogen and oxygen atoms in total. The monoisotopic (exact) mass is 437 g/mol. The van der Waals surface area contributed by atoms with Crippen LogP contribution in [0.2, 0.25) is 0 Å². The maximum atomic E-state index is 4.86. The number of aromatic nitrogens is 2. The molecule has 26 heavy (non-hydrogen) atoms. The summed E-state index contributed by atoms with van der Waals surface area (Å²) >= 11 is 0.